The van der Waals surface area contributed by atoms with Gasteiger partial charge in [-0.15, -0.1) is 0 Å². The molecule has 0 bridgehead atoms. The second kappa shape index (κ2) is 4.68. The summed E-state index contributed by atoms with van der Waals surface area (Å²) in [5, 5.41) is 1.73. The fourth-order valence-corrected chi connectivity index (χ4v) is 2.49. The number of hydrogen-bond acceptors (Lipinski definition) is 2. The number of aromatic nitrogens is 1. The molecule has 0 amide bonds. The van der Waals surface area contributed by atoms with E-state index >= 15 is 0 Å². The molecule has 0 atom stereocenters. The van der Waals surface area contributed by atoms with Crippen molar-refractivity contribution in [3.63, 3.8) is 0 Å². The Hall–Kier alpha value is -0.850. The van der Waals surface area contributed by atoms with Crippen molar-refractivity contribution in [3.05, 3.63) is 42.5 Å². The molecule has 0 saturated carbocycles. The second-order valence-electron chi connectivity index (χ2n) is 3.85. The summed E-state index contributed by atoms with van der Waals surface area (Å²) >= 11 is 0. The van der Waals surface area contributed by atoms with Crippen LogP contribution < -0.4 is 29.6 Å². The summed E-state index contributed by atoms with van der Waals surface area (Å²) in [7, 11) is -4.15. The number of nitrogens with one attached hydrogen (secondary N) is 1. The molecule has 1 heterocycles. The third-order valence-corrected chi connectivity index (χ3v) is 3.63. The Morgan fingerprint density at radius 1 is 0.944 bits per heavy atom. The fraction of sp³-hybridized carbons (Fsp3) is 0. The Morgan fingerprint density at radius 2 is 1.61 bits per heavy atom. The minimum atomic E-state index is -4.15. The summed E-state index contributed by atoms with van der Waals surface area (Å²) in [6, 6.07) is 12.1. The zero-order valence-electron chi connectivity index (χ0n) is 9.71. The van der Waals surface area contributed by atoms with Gasteiger partial charge in [0.25, 0.3) is 10.1 Å². The predicted molar refractivity (Wildman–Crippen MR) is 65.6 cm³/mol. The Kier molecular flexibility index (Phi) is 3.53. The van der Waals surface area contributed by atoms with Crippen LogP contribution in [0.3, 0.4) is 0 Å². The van der Waals surface area contributed by atoms with Crippen LogP contribution in [0.15, 0.2) is 47.4 Å². The monoisotopic (exact) mass is 270 g/mol. The van der Waals surface area contributed by atoms with Crippen LogP contribution in [-0.4, -0.2) is 18.0 Å². The molecule has 0 spiro atoms. The molecule has 0 fully saturated rings. The molecule has 2 N–H and O–H groups in total. The number of para-hydroxylation sites is 1. The van der Waals surface area contributed by atoms with Gasteiger partial charge in [0, 0.05) is 21.8 Å². The molecule has 18 heavy (non-hydrogen) atoms. The summed E-state index contributed by atoms with van der Waals surface area (Å²) in [4.78, 5) is 3.09. The Bertz CT molecular complexity index is 824. The SMILES string of the molecule is O=S(=O)(O)c1ccc2[nH]c3ccccc3c2c1.[Na+]. The first-order valence-electron chi connectivity index (χ1n) is 5.04. The van der Waals surface area contributed by atoms with Gasteiger partial charge in [-0.3, -0.25) is 4.55 Å². The van der Waals surface area contributed by atoms with Crippen molar-refractivity contribution >= 4 is 31.9 Å². The molecule has 1 aromatic heterocycles. The molecule has 3 aromatic rings. The maximum Gasteiger partial charge on any atom is 1.00 e. The van der Waals surface area contributed by atoms with Gasteiger partial charge < -0.3 is 4.98 Å². The number of rotatable bonds is 1. The topological polar surface area (TPSA) is 70.2 Å². The molecular weight excluding hydrogens is 261 g/mol. The number of H-pyrrole nitrogens is 1. The van der Waals surface area contributed by atoms with Crippen molar-refractivity contribution in [1.29, 1.82) is 0 Å². The van der Waals surface area contributed by atoms with Gasteiger partial charge in [0.1, 0.15) is 0 Å². The summed E-state index contributed by atoms with van der Waals surface area (Å²) < 4.78 is 31.2. The molecule has 0 aliphatic carbocycles. The smallest absolute Gasteiger partial charge is 0.355 e. The van der Waals surface area contributed by atoms with Crippen molar-refractivity contribution < 1.29 is 42.5 Å². The van der Waals surface area contributed by atoms with Gasteiger partial charge in [-0.1, -0.05) is 18.2 Å². The van der Waals surface area contributed by atoms with Gasteiger partial charge in [-0.05, 0) is 24.3 Å². The zero-order valence-corrected chi connectivity index (χ0v) is 12.5. The summed E-state index contributed by atoms with van der Waals surface area (Å²) in [6.45, 7) is 0. The Labute approximate surface area is 126 Å². The fourth-order valence-electron chi connectivity index (χ4n) is 1.99. The first-order valence-corrected chi connectivity index (χ1v) is 6.48. The molecule has 2 aromatic carbocycles. The third-order valence-electron chi connectivity index (χ3n) is 2.78. The van der Waals surface area contributed by atoms with Crippen molar-refractivity contribution in [2.45, 2.75) is 4.90 Å². The molecule has 0 aliphatic rings. The van der Waals surface area contributed by atoms with Crippen molar-refractivity contribution in [2.24, 2.45) is 0 Å². The molecule has 4 nitrogen and oxygen atoms in total. The maximum absolute atomic E-state index is 11.1. The van der Waals surface area contributed by atoms with E-state index < -0.39 is 10.1 Å². The van der Waals surface area contributed by atoms with Crippen LogP contribution >= 0.6 is 0 Å². The van der Waals surface area contributed by atoms with E-state index in [0.29, 0.717) is 0 Å². The molecule has 86 valence electrons. The maximum atomic E-state index is 11.1. The quantitative estimate of drug-likeness (QED) is 0.466. The number of benzene rings is 2. The standard InChI is InChI=1S/C12H9NO3S.Na/c14-17(15,16)8-5-6-12-10(7-8)9-3-1-2-4-11(9)13-12;/h1-7,13H,(H,14,15,16);/q;+1. The van der Waals surface area contributed by atoms with E-state index in [0.717, 1.165) is 21.8 Å². The number of hydrogen-bond donors (Lipinski definition) is 2. The summed E-state index contributed by atoms with van der Waals surface area (Å²) in [5.41, 5.74) is 1.79. The van der Waals surface area contributed by atoms with Crippen LogP contribution in [0.4, 0.5) is 0 Å². The number of aromatic amines is 1. The van der Waals surface area contributed by atoms with Crippen LogP contribution in [0.5, 0.6) is 0 Å². The normalized spacial score (nSPS) is 11.6. The third kappa shape index (κ3) is 2.20. The van der Waals surface area contributed by atoms with Crippen LogP contribution in [0.2, 0.25) is 0 Å². The van der Waals surface area contributed by atoms with Crippen molar-refractivity contribution in [3.8, 4) is 0 Å². The molecular formula is C12H9NNaO3S+. The average molecular weight is 270 g/mol. The van der Waals surface area contributed by atoms with E-state index in [-0.39, 0.29) is 34.5 Å². The van der Waals surface area contributed by atoms with Crippen LogP contribution in [0.25, 0.3) is 21.8 Å². The summed E-state index contributed by atoms with van der Waals surface area (Å²) in [6.07, 6.45) is 0. The average Bonchev–Trinajstić information content (AvgIpc) is 2.65. The first kappa shape index (κ1) is 13.6. The van der Waals surface area contributed by atoms with E-state index in [9.17, 15) is 8.42 Å². The van der Waals surface area contributed by atoms with Gasteiger partial charge in [0.2, 0.25) is 0 Å². The van der Waals surface area contributed by atoms with E-state index in [1.807, 2.05) is 24.3 Å². The van der Waals surface area contributed by atoms with Crippen LogP contribution in [-0.2, 0) is 10.1 Å². The van der Waals surface area contributed by atoms with Crippen LogP contribution in [0, 0.1) is 0 Å². The van der Waals surface area contributed by atoms with Gasteiger partial charge in [0.05, 0.1) is 4.90 Å². The first-order chi connectivity index (χ1) is 8.05. The molecule has 0 radical (unpaired) electrons. The van der Waals surface area contributed by atoms with Gasteiger partial charge in [-0.25, -0.2) is 0 Å². The Morgan fingerprint density at radius 3 is 2.33 bits per heavy atom. The van der Waals surface area contributed by atoms with E-state index in [4.69, 9.17) is 4.55 Å². The van der Waals surface area contributed by atoms with E-state index in [1.165, 1.54) is 12.1 Å². The predicted octanol–water partition coefficient (Wildman–Crippen LogP) is -0.428. The zero-order chi connectivity index (χ0) is 12.0. The molecule has 0 unspecified atom stereocenters. The molecule has 3 rings (SSSR count). The molecule has 6 heteroatoms. The summed E-state index contributed by atoms with van der Waals surface area (Å²) in [5.74, 6) is 0. The van der Waals surface area contributed by atoms with Gasteiger partial charge in [-0.2, -0.15) is 8.42 Å². The second-order valence-corrected chi connectivity index (χ2v) is 5.27. The molecule has 0 saturated heterocycles. The Balaban J connectivity index is 0.00000120. The largest absolute Gasteiger partial charge is 1.00 e. The number of fused-ring (bicyclic) bond motifs is 3. The minimum absolute atomic E-state index is 0. The van der Waals surface area contributed by atoms with Gasteiger partial charge in [0.15, 0.2) is 0 Å². The van der Waals surface area contributed by atoms with E-state index in [2.05, 4.69) is 4.98 Å². The van der Waals surface area contributed by atoms with E-state index in [1.54, 1.807) is 6.07 Å². The van der Waals surface area contributed by atoms with Crippen molar-refractivity contribution in [1.82, 2.24) is 4.98 Å². The van der Waals surface area contributed by atoms with Crippen LogP contribution in [0.1, 0.15) is 0 Å². The van der Waals surface area contributed by atoms with Gasteiger partial charge >= 0.3 is 29.6 Å². The van der Waals surface area contributed by atoms with Crippen molar-refractivity contribution in [2.75, 3.05) is 0 Å². The minimum Gasteiger partial charge on any atom is -0.355 e. The molecule has 0 aliphatic heterocycles.